The van der Waals surface area contributed by atoms with Crippen LogP contribution in [0.25, 0.3) is 10.2 Å². The van der Waals surface area contributed by atoms with Crippen molar-refractivity contribution in [3.63, 3.8) is 0 Å². The molecular weight excluding hydrogens is 380 g/mol. The molecule has 5 nitrogen and oxygen atoms in total. The van der Waals surface area contributed by atoms with Crippen molar-refractivity contribution in [1.82, 2.24) is 4.98 Å². The summed E-state index contributed by atoms with van der Waals surface area (Å²) in [6.45, 7) is 3.64. The molecule has 0 aliphatic carbocycles. The topological polar surface area (TPSA) is 68.3 Å². The molecule has 1 heterocycles. The fraction of sp³-hybridized carbons (Fsp3) is 0.250. The van der Waals surface area contributed by atoms with Crippen molar-refractivity contribution in [2.24, 2.45) is 0 Å². The maximum absolute atomic E-state index is 12.0. The first kappa shape index (κ1) is 19.4. The Kier molecular flexibility index (Phi) is 6.47. The lowest BCUT2D eigenvalue weighted by molar-refractivity contribution is -0.146. The molecule has 1 N–H and O–H groups in total. The largest absolute Gasteiger partial charge is 0.456 e. The van der Waals surface area contributed by atoms with Crippen LogP contribution >= 0.6 is 23.1 Å². The SMILES string of the molecule is Cc1cccc(NC(=O)COC(=O)CCSc2nc3ccccc3s2)c1C. The molecule has 3 aromatic rings. The van der Waals surface area contributed by atoms with Gasteiger partial charge in [-0.1, -0.05) is 36.0 Å². The van der Waals surface area contributed by atoms with E-state index in [0.29, 0.717) is 5.75 Å². The second kappa shape index (κ2) is 9.01. The fourth-order valence-corrected chi connectivity index (χ4v) is 4.48. The lowest BCUT2D eigenvalue weighted by Gasteiger charge is -2.10. The lowest BCUT2D eigenvalue weighted by atomic mass is 10.1. The Labute approximate surface area is 166 Å². The number of hydrogen-bond donors (Lipinski definition) is 1. The van der Waals surface area contributed by atoms with Crippen LogP contribution in [0, 0.1) is 13.8 Å². The highest BCUT2D eigenvalue weighted by molar-refractivity contribution is 8.01. The van der Waals surface area contributed by atoms with Crippen molar-refractivity contribution in [2.75, 3.05) is 17.7 Å². The molecule has 0 saturated carbocycles. The smallest absolute Gasteiger partial charge is 0.307 e. The van der Waals surface area contributed by atoms with Gasteiger partial charge in [0.05, 0.1) is 16.6 Å². The van der Waals surface area contributed by atoms with Gasteiger partial charge in [-0.3, -0.25) is 9.59 Å². The van der Waals surface area contributed by atoms with Crippen LogP contribution in [0.1, 0.15) is 17.5 Å². The summed E-state index contributed by atoms with van der Waals surface area (Å²) in [6.07, 6.45) is 0.233. The number of carbonyl (C=O) groups excluding carboxylic acids is 2. The zero-order valence-corrected chi connectivity index (χ0v) is 16.8. The first-order valence-electron chi connectivity index (χ1n) is 8.53. The number of thioether (sulfide) groups is 1. The number of benzene rings is 2. The Bertz CT molecular complexity index is 936. The Morgan fingerprint density at radius 1 is 1.15 bits per heavy atom. The molecule has 0 atom stereocenters. The number of nitrogens with one attached hydrogen (secondary N) is 1. The summed E-state index contributed by atoms with van der Waals surface area (Å²) < 4.78 is 7.12. The molecule has 0 saturated heterocycles. The third kappa shape index (κ3) is 5.30. The maximum Gasteiger partial charge on any atom is 0.307 e. The molecule has 3 rings (SSSR count). The monoisotopic (exact) mass is 400 g/mol. The second-order valence-electron chi connectivity index (χ2n) is 6.00. The number of amides is 1. The molecule has 2 aromatic carbocycles. The van der Waals surface area contributed by atoms with Crippen LogP contribution in [0.4, 0.5) is 5.69 Å². The Morgan fingerprint density at radius 2 is 1.96 bits per heavy atom. The van der Waals surface area contributed by atoms with Crippen LogP contribution in [0.15, 0.2) is 46.8 Å². The Morgan fingerprint density at radius 3 is 2.78 bits per heavy atom. The third-order valence-corrected chi connectivity index (χ3v) is 6.23. The molecule has 0 fully saturated rings. The average Bonchev–Trinajstić information content (AvgIpc) is 3.06. The highest BCUT2D eigenvalue weighted by atomic mass is 32.2. The minimum atomic E-state index is -0.389. The van der Waals surface area contributed by atoms with E-state index in [2.05, 4.69) is 10.3 Å². The minimum absolute atomic E-state index is 0.233. The predicted molar refractivity (Wildman–Crippen MR) is 110 cm³/mol. The van der Waals surface area contributed by atoms with Crippen LogP contribution in [0.2, 0.25) is 0 Å². The van der Waals surface area contributed by atoms with Gasteiger partial charge in [-0.05, 0) is 43.2 Å². The van der Waals surface area contributed by atoms with Crippen LogP contribution in [0.5, 0.6) is 0 Å². The number of fused-ring (bicyclic) bond motifs is 1. The Balaban J connectivity index is 1.40. The molecule has 0 spiro atoms. The number of thiazole rings is 1. The van der Waals surface area contributed by atoms with Gasteiger partial charge in [-0.2, -0.15) is 0 Å². The number of hydrogen-bond acceptors (Lipinski definition) is 6. The normalized spacial score (nSPS) is 10.7. The molecule has 140 valence electrons. The first-order chi connectivity index (χ1) is 13.0. The van der Waals surface area contributed by atoms with Crippen molar-refractivity contribution < 1.29 is 14.3 Å². The molecule has 1 aromatic heterocycles. The van der Waals surface area contributed by atoms with Gasteiger partial charge in [0.25, 0.3) is 5.91 Å². The van der Waals surface area contributed by atoms with Crippen LogP contribution < -0.4 is 5.32 Å². The number of anilines is 1. The van der Waals surface area contributed by atoms with E-state index in [1.165, 1.54) is 11.8 Å². The number of aryl methyl sites for hydroxylation is 1. The van der Waals surface area contributed by atoms with Gasteiger partial charge in [-0.15, -0.1) is 11.3 Å². The van der Waals surface area contributed by atoms with E-state index < -0.39 is 0 Å². The summed E-state index contributed by atoms with van der Waals surface area (Å²) in [7, 11) is 0. The summed E-state index contributed by atoms with van der Waals surface area (Å²) in [4.78, 5) is 28.3. The molecule has 0 aliphatic rings. The number of carbonyl (C=O) groups is 2. The standard InChI is InChI=1S/C20H20N2O3S2/c1-13-6-5-8-15(14(13)2)21-18(23)12-25-19(24)10-11-26-20-22-16-7-3-4-9-17(16)27-20/h3-9H,10-12H2,1-2H3,(H,21,23). The van der Waals surface area contributed by atoms with Crippen molar-refractivity contribution in [1.29, 1.82) is 0 Å². The van der Waals surface area contributed by atoms with Gasteiger partial charge in [0.2, 0.25) is 0 Å². The number of aromatic nitrogens is 1. The van der Waals surface area contributed by atoms with Gasteiger partial charge in [0.1, 0.15) is 0 Å². The molecule has 0 aliphatic heterocycles. The zero-order valence-electron chi connectivity index (χ0n) is 15.2. The van der Waals surface area contributed by atoms with E-state index in [4.69, 9.17) is 4.74 Å². The van der Waals surface area contributed by atoms with Gasteiger partial charge >= 0.3 is 5.97 Å². The van der Waals surface area contributed by atoms with E-state index in [1.807, 2.05) is 56.3 Å². The average molecular weight is 401 g/mol. The Hall–Kier alpha value is -2.38. The summed E-state index contributed by atoms with van der Waals surface area (Å²) in [5.74, 6) is -0.160. The second-order valence-corrected chi connectivity index (χ2v) is 8.37. The number of para-hydroxylation sites is 1. The summed E-state index contributed by atoms with van der Waals surface area (Å²) in [5.41, 5.74) is 3.80. The quantitative estimate of drug-likeness (QED) is 0.464. The molecule has 27 heavy (non-hydrogen) atoms. The van der Waals surface area contributed by atoms with Gasteiger partial charge in [0.15, 0.2) is 10.9 Å². The maximum atomic E-state index is 12.0. The fourth-order valence-electron chi connectivity index (χ4n) is 2.43. The van der Waals surface area contributed by atoms with Gasteiger partial charge in [-0.25, -0.2) is 4.98 Å². The molecule has 0 unspecified atom stereocenters. The molecular formula is C20H20N2O3S2. The van der Waals surface area contributed by atoms with E-state index in [0.717, 1.165) is 31.4 Å². The minimum Gasteiger partial charge on any atom is -0.456 e. The van der Waals surface area contributed by atoms with Crippen molar-refractivity contribution >= 4 is 50.9 Å². The van der Waals surface area contributed by atoms with E-state index >= 15 is 0 Å². The van der Waals surface area contributed by atoms with Gasteiger partial charge < -0.3 is 10.1 Å². The van der Waals surface area contributed by atoms with E-state index in [-0.39, 0.29) is 24.9 Å². The third-order valence-electron chi connectivity index (χ3n) is 4.05. The van der Waals surface area contributed by atoms with E-state index in [9.17, 15) is 9.59 Å². The zero-order chi connectivity index (χ0) is 19.2. The van der Waals surface area contributed by atoms with Crippen LogP contribution in [0.3, 0.4) is 0 Å². The number of nitrogens with zero attached hydrogens (tertiary/aromatic N) is 1. The molecule has 1 amide bonds. The number of ether oxygens (including phenoxy) is 1. The molecule has 0 bridgehead atoms. The van der Waals surface area contributed by atoms with Gasteiger partial charge in [0, 0.05) is 11.4 Å². The van der Waals surface area contributed by atoms with Crippen LogP contribution in [-0.4, -0.2) is 29.2 Å². The summed E-state index contributed by atoms with van der Waals surface area (Å²) in [5, 5.41) is 2.77. The lowest BCUT2D eigenvalue weighted by Crippen LogP contribution is -2.21. The highest BCUT2D eigenvalue weighted by Gasteiger charge is 2.11. The summed E-state index contributed by atoms with van der Waals surface area (Å²) in [6, 6.07) is 13.6. The van der Waals surface area contributed by atoms with Crippen molar-refractivity contribution in [3.05, 3.63) is 53.6 Å². The van der Waals surface area contributed by atoms with Crippen molar-refractivity contribution in [2.45, 2.75) is 24.6 Å². The highest BCUT2D eigenvalue weighted by Crippen LogP contribution is 2.29. The van der Waals surface area contributed by atoms with E-state index in [1.54, 1.807) is 11.3 Å². The predicted octanol–water partition coefficient (Wildman–Crippen LogP) is 4.58. The molecule has 7 heteroatoms. The van der Waals surface area contributed by atoms with Crippen LogP contribution in [-0.2, 0) is 14.3 Å². The number of rotatable bonds is 7. The first-order valence-corrected chi connectivity index (χ1v) is 10.3. The number of esters is 1. The molecule has 0 radical (unpaired) electrons. The summed E-state index contributed by atoms with van der Waals surface area (Å²) >= 11 is 3.13. The van der Waals surface area contributed by atoms with Crippen molar-refractivity contribution in [3.8, 4) is 0 Å².